The van der Waals surface area contributed by atoms with Crippen LogP contribution in [-0.4, -0.2) is 30.6 Å². The number of esters is 1. The van der Waals surface area contributed by atoms with Gasteiger partial charge in [0.1, 0.15) is 5.75 Å². The Morgan fingerprint density at radius 2 is 2.00 bits per heavy atom. The molecule has 30 heavy (non-hydrogen) atoms. The molecule has 158 valence electrons. The SMILES string of the molecule is CCOC(=O)COc1ccc(/C=C2\S[C@H](Nc3ccc(CC)cc3)NC2=O)cc1Br. The molecule has 1 heterocycles. The highest BCUT2D eigenvalue weighted by Crippen LogP contribution is 2.32. The molecule has 1 aliphatic heterocycles. The first kappa shape index (κ1) is 22.2. The van der Waals surface area contributed by atoms with Crippen molar-refractivity contribution in [3.8, 4) is 5.75 Å². The lowest BCUT2D eigenvalue weighted by Gasteiger charge is -2.12. The molecule has 0 bridgehead atoms. The Labute approximate surface area is 188 Å². The summed E-state index contributed by atoms with van der Waals surface area (Å²) in [7, 11) is 0. The van der Waals surface area contributed by atoms with E-state index in [0.29, 0.717) is 21.7 Å². The number of carbonyl (C=O) groups is 2. The van der Waals surface area contributed by atoms with Gasteiger partial charge in [-0.15, -0.1) is 0 Å². The molecule has 8 heteroatoms. The minimum absolute atomic E-state index is 0.124. The minimum Gasteiger partial charge on any atom is -0.481 e. The fraction of sp³-hybridized carbons (Fsp3) is 0.273. The standard InChI is InChI=1S/C22H23BrN2O4S/c1-3-14-5-8-16(9-6-14)24-22-25-21(27)19(30-22)12-15-7-10-18(17(23)11-15)29-13-20(26)28-4-2/h5-12,22,24H,3-4,13H2,1-2H3,(H,25,27)/b19-12-/t22-/m1/s1. The van der Waals surface area contributed by atoms with E-state index in [9.17, 15) is 9.59 Å². The number of nitrogens with one attached hydrogen (secondary N) is 2. The van der Waals surface area contributed by atoms with E-state index < -0.39 is 5.97 Å². The van der Waals surface area contributed by atoms with Crippen molar-refractivity contribution in [2.75, 3.05) is 18.5 Å². The van der Waals surface area contributed by atoms with Gasteiger partial charge in [-0.25, -0.2) is 4.79 Å². The van der Waals surface area contributed by atoms with Crippen LogP contribution in [0.3, 0.4) is 0 Å². The largest absolute Gasteiger partial charge is 0.481 e. The van der Waals surface area contributed by atoms with Gasteiger partial charge in [0.25, 0.3) is 5.91 Å². The smallest absolute Gasteiger partial charge is 0.344 e. The number of carbonyl (C=O) groups excluding carboxylic acids is 2. The molecule has 1 amide bonds. The van der Waals surface area contributed by atoms with Gasteiger partial charge in [-0.05, 0) is 70.7 Å². The molecular weight excluding hydrogens is 468 g/mol. The predicted octanol–water partition coefficient (Wildman–Crippen LogP) is 4.55. The van der Waals surface area contributed by atoms with Gasteiger partial charge in [0, 0.05) is 5.69 Å². The van der Waals surface area contributed by atoms with E-state index in [2.05, 4.69) is 45.6 Å². The number of hydrogen-bond donors (Lipinski definition) is 2. The lowest BCUT2D eigenvalue weighted by Crippen LogP contribution is -2.30. The summed E-state index contributed by atoms with van der Waals surface area (Å²) < 4.78 is 11.0. The number of anilines is 1. The van der Waals surface area contributed by atoms with Crippen LogP contribution in [0.5, 0.6) is 5.75 Å². The maximum Gasteiger partial charge on any atom is 0.344 e. The second-order valence-corrected chi connectivity index (χ2v) is 8.46. The van der Waals surface area contributed by atoms with Crippen molar-refractivity contribution in [3.05, 3.63) is 63.0 Å². The van der Waals surface area contributed by atoms with Gasteiger partial charge in [0.05, 0.1) is 16.0 Å². The minimum atomic E-state index is -0.419. The highest BCUT2D eigenvalue weighted by atomic mass is 79.9. The summed E-state index contributed by atoms with van der Waals surface area (Å²) in [6, 6.07) is 13.6. The van der Waals surface area contributed by atoms with Crippen LogP contribution >= 0.6 is 27.7 Å². The summed E-state index contributed by atoms with van der Waals surface area (Å²) in [4.78, 5) is 24.4. The first-order valence-electron chi connectivity index (χ1n) is 9.61. The van der Waals surface area contributed by atoms with Gasteiger partial charge in [-0.1, -0.05) is 36.9 Å². The zero-order valence-corrected chi connectivity index (χ0v) is 19.1. The van der Waals surface area contributed by atoms with Crippen molar-refractivity contribution in [1.82, 2.24) is 5.32 Å². The van der Waals surface area contributed by atoms with Crippen LogP contribution in [0, 0.1) is 0 Å². The number of benzene rings is 2. The van der Waals surface area contributed by atoms with Crippen molar-refractivity contribution < 1.29 is 19.1 Å². The van der Waals surface area contributed by atoms with Crippen LogP contribution in [0.1, 0.15) is 25.0 Å². The summed E-state index contributed by atoms with van der Waals surface area (Å²) in [5, 5.41) is 6.24. The van der Waals surface area contributed by atoms with E-state index in [1.165, 1.54) is 17.3 Å². The van der Waals surface area contributed by atoms with E-state index in [1.54, 1.807) is 13.0 Å². The molecule has 1 atom stereocenters. The number of amides is 1. The maximum absolute atomic E-state index is 12.3. The van der Waals surface area contributed by atoms with E-state index >= 15 is 0 Å². The van der Waals surface area contributed by atoms with Crippen LogP contribution in [0.4, 0.5) is 5.69 Å². The van der Waals surface area contributed by atoms with E-state index in [0.717, 1.165) is 17.7 Å². The number of rotatable bonds is 8. The van der Waals surface area contributed by atoms with Crippen molar-refractivity contribution in [1.29, 1.82) is 0 Å². The van der Waals surface area contributed by atoms with Crippen LogP contribution in [-0.2, 0) is 20.7 Å². The molecule has 2 aromatic rings. The number of aryl methyl sites for hydroxylation is 1. The second-order valence-electron chi connectivity index (χ2n) is 6.46. The van der Waals surface area contributed by atoms with Gasteiger partial charge >= 0.3 is 5.97 Å². The lowest BCUT2D eigenvalue weighted by molar-refractivity contribution is -0.145. The van der Waals surface area contributed by atoms with Crippen LogP contribution < -0.4 is 15.4 Å². The van der Waals surface area contributed by atoms with Gasteiger partial charge in [-0.3, -0.25) is 4.79 Å². The zero-order chi connectivity index (χ0) is 21.5. The molecular formula is C22H23BrN2O4S. The van der Waals surface area contributed by atoms with E-state index in [-0.39, 0.29) is 18.0 Å². The van der Waals surface area contributed by atoms with Crippen LogP contribution in [0.25, 0.3) is 6.08 Å². The molecule has 0 radical (unpaired) electrons. The second kappa shape index (κ2) is 10.5. The predicted molar refractivity (Wildman–Crippen MR) is 123 cm³/mol. The van der Waals surface area contributed by atoms with Gasteiger partial charge < -0.3 is 20.1 Å². The van der Waals surface area contributed by atoms with Crippen LogP contribution in [0.15, 0.2) is 51.8 Å². The number of halogens is 1. The summed E-state index contributed by atoms with van der Waals surface area (Å²) in [5.74, 6) is -0.0114. The molecule has 0 aliphatic carbocycles. The summed E-state index contributed by atoms with van der Waals surface area (Å²) in [6.45, 7) is 4.02. The molecule has 2 N–H and O–H groups in total. The summed E-state index contributed by atoms with van der Waals surface area (Å²) >= 11 is 4.87. The Morgan fingerprint density at radius 1 is 1.23 bits per heavy atom. The maximum atomic E-state index is 12.3. The van der Waals surface area contributed by atoms with Crippen molar-refractivity contribution in [3.63, 3.8) is 0 Å². The molecule has 0 spiro atoms. The van der Waals surface area contributed by atoms with E-state index in [4.69, 9.17) is 9.47 Å². The molecule has 0 saturated carbocycles. The molecule has 3 rings (SSSR count). The third-order valence-corrected chi connectivity index (χ3v) is 5.94. The Bertz CT molecular complexity index is 947. The fourth-order valence-corrected chi connectivity index (χ4v) is 4.26. The van der Waals surface area contributed by atoms with Gasteiger partial charge in [-0.2, -0.15) is 0 Å². The average Bonchev–Trinajstić information content (AvgIpc) is 3.07. The average molecular weight is 491 g/mol. The Hall–Kier alpha value is -2.45. The highest BCUT2D eigenvalue weighted by molar-refractivity contribution is 9.10. The third-order valence-electron chi connectivity index (χ3n) is 4.30. The Balaban J connectivity index is 1.62. The van der Waals surface area contributed by atoms with Crippen molar-refractivity contribution in [2.24, 2.45) is 0 Å². The molecule has 0 unspecified atom stereocenters. The summed E-state index contributed by atoms with van der Waals surface area (Å²) in [5.41, 5.74) is 2.84. The highest BCUT2D eigenvalue weighted by Gasteiger charge is 2.27. The van der Waals surface area contributed by atoms with Crippen LogP contribution in [0.2, 0.25) is 0 Å². The van der Waals surface area contributed by atoms with E-state index in [1.807, 2.05) is 30.3 Å². The number of hydrogen-bond acceptors (Lipinski definition) is 6. The quantitative estimate of drug-likeness (QED) is 0.417. The molecule has 1 fully saturated rings. The number of ether oxygens (including phenoxy) is 2. The normalized spacial score (nSPS) is 17.0. The monoisotopic (exact) mass is 490 g/mol. The van der Waals surface area contributed by atoms with Crippen molar-refractivity contribution >= 4 is 51.3 Å². The van der Waals surface area contributed by atoms with Gasteiger partial charge in [0.2, 0.25) is 0 Å². The topological polar surface area (TPSA) is 76.7 Å². The van der Waals surface area contributed by atoms with Gasteiger partial charge in [0.15, 0.2) is 12.1 Å². The summed E-state index contributed by atoms with van der Waals surface area (Å²) in [6.07, 6.45) is 2.81. The molecule has 6 nitrogen and oxygen atoms in total. The Morgan fingerprint density at radius 3 is 2.67 bits per heavy atom. The first-order valence-corrected chi connectivity index (χ1v) is 11.3. The third kappa shape index (κ3) is 6.03. The fourth-order valence-electron chi connectivity index (χ4n) is 2.77. The number of thioether (sulfide) groups is 1. The van der Waals surface area contributed by atoms with Crippen molar-refractivity contribution in [2.45, 2.75) is 25.8 Å². The first-order chi connectivity index (χ1) is 14.5. The zero-order valence-electron chi connectivity index (χ0n) is 16.7. The molecule has 0 aromatic heterocycles. The lowest BCUT2D eigenvalue weighted by atomic mass is 10.1. The Kier molecular flexibility index (Phi) is 7.81. The molecule has 1 saturated heterocycles. The molecule has 1 aliphatic rings. The molecule has 2 aromatic carbocycles.